The number of aliphatic hydroxyl groups is 2. The van der Waals surface area contributed by atoms with Gasteiger partial charge in [0.15, 0.2) is 12.4 Å². The zero-order chi connectivity index (χ0) is 35.6. The summed E-state index contributed by atoms with van der Waals surface area (Å²) in [6.07, 6.45) is -8.49. The van der Waals surface area contributed by atoms with Crippen molar-refractivity contribution in [1.82, 2.24) is 0 Å². The van der Waals surface area contributed by atoms with Gasteiger partial charge in [0.1, 0.15) is 18.3 Å². The van der Waals surface area contributed by atoms with Crippen molar-refractivity contribution >= 4 is 32.7 Å². The fourth-order valence-electron chi connectivity index (χ4n) is 9.81. The first-order valence-electron chi connectivity index (χ1n) is 16.2. The number of aliphatic carboxylic acids is 1. The smallest absolute Gasteiger partial charge is 0.726 e. The summed E-state index contributed by atoms with van der Waals surface area (Å²) in [5.74, 6) is -3.38. The Bertz CT molecular complexity index is 1490. The topological polar surface area (TPSA) is 255 Å². The third-order valence-electron chi connectivity index (χ3n) is 11.5. The zero-order valence-electron chi connectivity index (χ0n) is 29.0. The molecule has 50 heavy (non-hydrogen) atoms. The minimum atomic E-state index is -5.69. The van der Waals surface area contributed by atoms with Gasteiger partial charge < -0.3 is 38.6 Å². The van der Waals surface area contributed by atoms with Gasteiger partial charge in [-0.1, -0.05) is 27.4 Å². The molecule has 0 aromatic rings. The molecule has 1 spiro atoms. The molecule has 11 unspecified atom stereocenters. The zero-order valence-corrected chi connectivity index (χ0v) is 36.8. The largest absolute Gasteiger partial charge is 1.00 e. The monoisotopic (exact) mass is 802 g/mol. The maximum Gasteiger partial charge on any atom is 1.00 e. The first-order valence-corrected chi connectivity index (χ1v) is 18.8. The molecule has 4 saturated carbocycles. The van der Waals surface area contributed by atoms with E-state index in [2.05, 4.69) is 14.9 Å². The average Bonchev–Trinajstić information content (AvgIpc) is 3.12. The number of esters is 1. The number of carboxylic acids is 1. The molecule has 16 nitrogen and oxygen atoms in total. The molecule has 5 rings (SSSR count). The molecule has 13 atom stereocenters. The molecule has 5 fully saturated rings. The van der Waals surface area contributed by atoms with Crippen LogP contribution in [0.1, 0.15) is 72.1 Å². The summed E-state index contributed by atoms with van der Waals surface area (Å²) in [5, 5.41) is 31.9. The average molecular weight is 803 g/mol. The van der Waals surface area contributed by atoms with Crippen molar-refractivity contribution in [3.8, 4) is 0 Å². The molecule has 0 radical (unpaired) electrons. The van der Waals surface area contributed by atoms with Gasteiger partial charge in [-0.3, -0.25) is 18.0 Å². The van der Waals surface area contributed by atoms with Crippen molar-refractivity contribution in [2.24, 2.45) is 40.4 Å². The number of hydrogen-bond acceptors (Lipinski definition) is 15. The predicted octanol–water partition coefficient (Wildman–Crippen LogP) is -5.01. The second-order valence-electron chi connectivity index (χ2n) is 14.8. The summed E-state index contributed by atoms with van der Waals surface area (Å²) >= 11 is 0. The van der Waals surface area contributed by atoms with Crippen LogP contribution in [0.2, 0.25) is 0 Å². The Kier molecular flexibility index (Phi) is 15.9. The van der Waals surface area contributed by atoms with E-state index < -0.39 is 99.0 Å². The molecule has 1 heterocycles. The van der Waals surface area contributed by atoms with Crippen LogP contribution in [0.25, 0.3) is 0 Å². The Morgan fingerprint density at radius 3 is 2.20 bits per heavy atom. The fourth-order valence-corrected chi connectivity index (χ4v) is 10.8. The minimum Gasteiger partial charge on any atom is -0.726 e. The Balaban J connectivity index is 0.00000338. The van der Waals surface area contributed by atoms with Gasteiger partial charge in [0.05, 0.1) is 24.7 Å². The standard InChI is InChI=1S/C30H46O16S2.2K/c1-14(2)9-22(32)44-25-24(46-48(39,40)41)23(45-47(36,37)38)20(13-31)43-28(25)42-17-10-18(27(34)35)19-7-8-30-11-16(15(3)26(30)33)5-6-21(30)29(19,4)12-17;;/h14,16-21,23-26,28,31,33H,3,5-13H2,1-2,4H3,(H,34,35)(H,36,37,38)(H,39,40,41);;/q;2*+1/p-2/t16?,17?,18?,19?,20?,21?,23?,24?,25?,26?,28?,29-,30-;;/m1../s1. The maximum absolute atomic E-state index is 12.9. The number of carboxylic acid groups (broad SMARTS) is 1. The number of ether oxygens (including phenoxy) is 3. The van der Waals surface area contributed by atoms with Gasteiger partial charge in [-0.05, 0) is 79.6 Å². The van der Waals surface area contributed by atoms with Crippen LogP contribution in [0.3, 0.4) is 0 Å². The summed E-state index contributed by atoms with van der Waals surface area (Å²) in [5.41, 5.74) is -0.359. The second kappa shape index (κ2) is 17.4. The summed E-state index contributed by atoms with van der Waals surface area (Å²) in [6, 6.07) is 0. The van der Waals surface area contributed by atoms with E-state index in [1.165, 1.54) is 0 Å². The Hall–Kier alpha value is 1.53. The van der Waals surface area contributed by atoms with E-state index in [1.807, 2.05) is 6.92 Å². The van der Waals surface area contributed by atoms with Crippen LogP contribution >= 0.6 is 0 Å². The summed E-state index contributed by atoms with van der Waals surface area (Å²) in [4.78, 5) is 25.6. The van der Waals surface area contributed by atoms with Gasteiger partial charge in [0, 0.05) is 11.8 Å². The van der Waals surface area contributed by atoms with E-state index in [0.717, 1.165) is 24.8 Å². The molecule has 0 amide bonds. The number of carbonyl (C=O) groups is 2. The van der Waals surface area contributed by atoms with E-state index in [9.17, 15) is 50.8 Å². The van der Waals surface area contributed by atoms with E-state index in [-0.39, 0.29) is 146 Å². The van der Waals surface area contributed by atoms with Crippen molar-refractivity contribution in [2.45, 2.75) is 115 Å². The van der Waals surface area contributed by atoms with Crippen LogP contribution in [0.15, 0.2) is 12.2 Å². The van der Waals surface area contributed by atoms with Crippen LogP contribution in [0.5, 0.6) is 0 Å². The van der Waals surface area contributed by atoms with E-state index in [0.29, 0.717) is 12.8 Å². The van der Waals surface area contributed by atoms with Crippen molar-refractivity contribution in [3.63, 3.8) is 0 Å². The van der Waals surface area contributed by atoms with Crippen LogP contribution in [0.4, 0.5) is 0 Å². The van der Waals surface area contributed by atoms with Gasteiger partial charge in [-0.15, -0.1) is 0 Å². The molecule has 0 aromatic heterocycles. The number of carbonyl (C=O) groups excluding carboxylic acids is 1. The van der Waals surface area contributed by atoms with Gasteiger partial charge in [0.2, 0.25) is 20.8 Å². The van der Waals surface area contributed by atoms with Gasteiger partial charge in [-0.25, -0.2) is 16.8 Å². The van der Waals surface area contributed by atoms with Crippen LogP contribution in [-0.4, -0.2) is 103 Å². The molecule has 1 aliphatic heterocycles. The first kappa shape index (κ1) is 45.9. The molecule has 20 heteroatoms. The quantitative estimate of drug-likeness (QED) is 0.0442. The third kappa shape index (κ3) is 9.55. The Morgan fingerprint density at radius 2 is 1.64 bits per heavy atom. The second-order valence-corrected chi connectivity index (χ2v) is 16.8. The summed E-state index contributed by atoms with van der Waals surface area (Å²) in [7, 11) is -11.3. The molecule has 3 N–H and O–H groups in total. The first-order chi connectivity index (χ1) is 22.2. The molecular weight excluding hydrogens is 759 g/mol. The van der Waals surface area contributed by atoms with Crippen molar-refractivity contribution in [2.75, 3.05) is 6.61 Å². The van der Waals surface area contributed by atoms with Gasteiger partial charge in [-0.2, -0.15) is 0 Å². The molecule has 5 aliphatic rings. The molecular formula is C30H44K2O16S2. The minimum absolute atomic E-state index is 0. The van der Waals surface area contributed by atoms with Crippen LogP contribution < -0.4 is 103 Å². The molecule has 2 bridgehead atoms. The fraction of sp³-hybridized carbons (Fsp3) is 0.867. The molecule has 4 aliphatic carbocycles. The summed E-state index contributed by atoms with van der Waals surface area (Å²) in [6.45, 7) is 8.41. The molecule has 0 aromatic carbocycles. The summed E-state index contributed by atoms with van der Waals surface area (Å²) < 4.78 is 96.9. The van der Waals surface area contributed by atoms with E-state index in [1.54, 1.807) is 13.8 Å². The number of hydrogen-bond donors (Lipinski definition) is 3. The number of rotatable bonds is 11. The number of fused-ring (bicyclic) bond motifs is 3. The van der Waals surface area contributed by atoms with Crippen LogP contribution in [0, 0.1) is 40.4 Å². The van der Waals surface area contributed by atoms with E-state index >= 15 is 0 Å². The molecule has 274 valence electrons. The van der Waals surface area contributed by atoms with E-state index in [4.69, 9.17) is 14.2 Å². The van der Waals surface area contributed by atoms with Gasteiger partial charge in [0.25, 0.3) is 0 Å². The third-order valence-corrected chi connectivity index (χ3v) is 12.4. The van der Waals surface area contributed by atoms with Crippen molar-refractivity contribution in [3.05, 3.63) is 12.2 Å². The predicted molar refractivity (Wildman–Crippen MR) is 159 cm³/mol. The van der Waals surface area contributed by atoms with Gasteiger partial charge >= 0.3 is 115 Å². The Morgan fingerprint density at radius 1 is 1.02 bits per heavy atom. The maximum atomic E-state index is 12.9. The van der Waals surface area contributed by atoms with Crippen molar-refractivity contribution < 1.29 is 176 Å². The van der Waals surface area contributed by atoms with Crippen molar-refractivity contribution in [1.29, 1.82) is 0 Å². The molecule has 1 saturated heterocycles. The normalized spacial score (nSPS) is 41.3. The number of aliphatic hydroxyl groups excluding tert-OH is 2. The Labute approximate surface area is 377 Å². The SMILES string of the molecule is C=C1C2CCC3[C@]4(C)CC(OC5OC(CO)C(OS(=O)(=O)[O-])C(OS(=O)(=O)[O-])C5OC(=O)CC(C)C)CC(C(=O)O)C4CC[C@]3(C2)C1O.[K+].[K+]. The van der Waals surface area contributed by atoms with Crippen LogP contribution in [-0.2, 0) is 53.0 Å².